The van der Waals surface area contributed by atoms with E-state index in [-0.39, 0.29) is 5.69 Å². The summed E-state index contributed by atoms with van der Waals surface area (Å²) in [6.45, 7) is 0. The molecule has 1 aliphatic heterocycles. The molecule has 0 aliphatic carbocycles. The third-order valence-corrected chi connectivity index (χ3v) is 5.28. The SMILES string of the molecule is O=C(C[C@H]1Sc2ccc(C(F)(F)F)cc2NC1=O)Nc1ccccc1C(F)(F)F. The first-order valence-corrected chi connectivity index (χ1v) is 8.98. The van der Waals surface area contributed by atoms with Gasteiger partial charge >= 0.3 is 12.4 Å². The Labute approximate surface area is 164 Å². The van der Waals surface area contributed by atoms with E-state index in [9.17, 15) is 35.9 Å². The van der Waals surface area contributed by atoms with Gasteiger partial charge in [0.25, 0.3) is 0 Å². The molecule has 1 aliphatic rings. The summed E-state index contributed by atoms with van der Waals surface area (Å²) in [7, 11) is 0. The van der Waals surface area contributed by atoms with Crippen LogP contribution in [0.2, 0.25) is 0 Å². The number of benzene rings is 2. The van der Waals surface area contributed by atoms with Crippen molar-refractivity contribution in [2.45, 2.75) is 28.9 Å². The van der Waals surface area contributed by atoms with Crippen molar-refractivity contribution in [1.29, 1.82) is 0 Å². The van der Waals surface area contributed by atoms with Crippen molar-refractivity contribution < 1.29 is 35.9 Å². The highest BCUT2D eigenvalue weighted by Gasteiger charge is 2.36. The van der Waals surface area contributed by atoms with Gasteiger partial charge in [-0.05, 0) is 30.3 Å². The molecular formula is C18H12F6N2O2S. The first kappa shape index (κ1) is 21.0. The van der Waals surface area contributed by atoms with Gasteiger partial charge in [0, 0.05) is 11.3 Å². The zero-order valence-electron chi connectivity index (χ0n) is 14.3. The molecule has 0 bridgehead atoms. The van der Waals surface area contributed by atoms with Gasteiger partial charge in [-0.2, -0.15) is 26.3 Å². The Hall–Kier alpha value is -2.69. The Morgan fingerprint density at radius 2 is 1.72 bits per heavy atom. The number of carbonyl (C=O) groups is 2. The molecule has 4 nitrogen and oxygen atoms in total. The van der Waals surface area contributed by atoms with Crippen molar-refractivity contribution >= 4 is 35.0 Å². The van der Waals surface area contributed by atoms with Crippen LogP contribution in [0.5, 0.6) is 0 Å². The largest absolute Gasteiger partial charge is 0.418 e. The monoisotopic (exact) mass is 434 g/mol. The molecule has 2 aromatic rings. The molecule has 2 aromatic carbocycles. The summed E-state index contributed by atoms with van der Waals surface area (Å²) in [5, 5.41) is 3.44. The zero-order valence-corrected chi connectivity index (χ0v) is 15.1. The maximum atomic E-state index is 13.0. The molecule has 1 atom stereocenters. The number of nitrogens with one attached hydrogen (secondary N) is 2. The van der Waals surface area contributed by atoms with Gasteiger partial charge in [-0.1, -0.05) is 12.1 Å². The minimum atomic E-state index is -4.67. The first-order chi connectivity index (χ1) is 13.4. The number of anilines is 2. The van der Waals surface area contributed by atoms with Gasteiger partial charge < -0.3 is 10.6 Å². The number of fused-ring (bicyclic) bond motifs is 1. The van der Waals surface area contributed by atoms with E-state index in [0.29, 0.717) is 4.90 Å². The molecule has 3 rings (SSSR count). The van der Waals surface area contributed by atoms with Crippen molar-refractivity contribution in [2.75, 3.05) is 10.6 Å². The van der Waals surface area contributed by atoms with Crippen LogP contribution in [0.15, 0.2) is 47.4 Å². The third-order valence-electron chi connectivity index (χ3n) is 4.00. The van der Waals surface area contributed by atoms with E-state index in [1.165, 1.54) is 18.2 Å². The van der Waals surface area contributed by atoms with E-state index < -0.39 is 52.7 Å². The Balaban J connectivity index is 1.72. The predicted molar refractivity (Wildman–Crippen MR) is 94.4 cm³/mol. The maximum absolute atomic E-state index is 13.0. The lowest BCUT2D eigenvalue weighted by atomic mass is 10.1. The molecule has 0 saturated carbocycles. The van der Waals surface area contributed by atoms with Crippen LogP contribution in [0.25, 0.3) is 0 Å². The summed E-state index contributed by atoms with van der Waals surface area (Å²) >= 11 is 0.871. The Kier molecular flexibility index (Phi) is 5.52. The molecule has 29 heavy (non-hydrogen) atoms. The van der Waals surface area contributed by atoms with Gasteiger partial charge in [0.2, 0.25) is 11.8 Å². The Morgan fingerprint density at radius 1 is 1.03 bits per heavy atom. The average Bonchev–Trinajstić information content (AvgIpc) is 2.60. The molecule has 1 heterocycles. The minimum absolute atomic E-state index is 0.0334. The molecule has 2 amide bonds. The van der Waals surface area contributed by atoms with Crippen molar-refractivity contribution in [1.82, 2.24) is 0 Å². The molecule has 0 radical (unpaired) electrons. The normalized spacial score (nSPS) is 16.8. The number of rotatable bonds is 3. The van der Waals surface area contributed by atoms with Gasteiger partial charge in [0.05, 0.1) is 27.8 Å². The zero-order chi connectivity index (χ0) is 21.4. The van der Waals surface area contributed by atoms with Gasteiger partial charge in [-0.25, -0.2) is 0 Å². The number of thioether (sulfide) groups is 1. The van der Waals surface area contributed by atoms with E-state index in [4.69, 9.17) is 0 Å². The van der Waals surface area contributed by atoms with E-state index >= 15 is 0 Å². The standard InChI is InChI=1S/C18H12F6N2O2S/c19-17(20,21)9-5-6-13-12(7-9)26-16(28)14(29-13)8-15(27)25-11-4-2-1-3-10(11)18(22,23)24/h1-7,14H,8H2,(H,25,27)(H,26,28)/t14-/m1/s1. The lowest BCUT2D eigenvalue weighted by Crippen LogP contribution is -2.32. The van der Waals surface area contributed by atoms with Crippen LogP contribution in [0.4, 0.5) is 37.7 Å². The number of para-hydroxylation sites is 1. The second kappa shape index (κ2) is 7.62. The summed E-state index contributed by atoms with van der Waals surface area (Å²) in [6, 6.07) is 7.20. The summed E-state index contributed by atoms with van der Waals surface area (Å²) in [5.74, 6) is -1.54. The van der Waals surface area contributed by atoms with Gasteiger partial charge in [0.15, 0.2) is 0 Å². The highest BCUT2D eigenvalue weighted by molar-refractivity contribution is 8.01. The molecule has 0 aromatic heterocycles. The van der Waals surface area contributed by atoms with E-state index in [1.54, 1.807) is 0 Å². The lowest BCUT2D eigenvalue weighted by Gasteiger charge is -2.24. The Morgan fingerprint density at radius 3 is 2.38 bits per heavy atom. The molecule has 0 saturated heterocycles. The lowest BCUT2D eigenvalue weighted by molar-refractivity contribution is -0.138. The number of halogens is 6. The van der Waals surface area contributed by atoms with Crippen LogP contribution in [-0.4, -0.2) is 17.1 Å². The van der Waals surface area contributed by atoms with Gasteiger partial charge in [-0.3, -0.25) is 9.59 Å². The topological polar surface area (TPSA) is 58.2 Å². The summed E-state index contributed by atoms with van der Waals surface area (Å²) < 4.78 is 77.3. The third kappa shape index (κ3) is 4.84. The number of amides is 2. The molecule has 154 valence electrons. The van der Waals surface area contributed by atoms with Crippen molar-refractivity contribution in [3.05, 3.63) is 53.6 Å². The molecular weight excluding hydrogens is 422 g/mol. The summed E-state index contributed by atoms with van der Waals surface area (Å²) in [4.78, 5) is 24.7. The van der Waals surface area contributed by atoms with Crippen LogP contribution < -0.4 is 10.6 Å². The maximum Gasteiger partial charge on any atom is 0.418 e. The Bertz CT molecular complexity index is 958. The van der Waals surface area contributed by atoms with Crippen LogP contribution >= 0.6 is 11.8 Å². The molecule has 11 heteroatoms. The van der Waals surface area contributed by atoms with E-state index in [1.807, 2.05) is 0 Å². The molecule has 0 unspecified atom stereocenters. The van der Waals surface area contributed by atoms with Crippen LogP contribution in [0.1, 0.15) is 17.5 Å². The average molecular weight is 434 g/mol. The quantitative estimate of drug-likeness (QED) is 0.656. The second-order valence-corrected chi connectivity index (χ2v) is 7.34. The highest BCUT2D eigenvalue weighted by Crippen LogP contribution is 2.41. The highest BCUT2D eigenvalue weighted by atomic mass is 32.2. The molecule has 0 fully saturated rings. The summed E-state index contributed by atoms with van der Waals surface area (Å²) in [5.41, 5.74) is -2.44. The second-order valence-electron chi connectivity index (χ2n) is 6.10. The minimum Gasteiger partial charge on any atom is -0.325 e. The van der Waals surface area contributed by atoms with Gasteiger partial charge in [-0.15, -0.1) is 11.8 Å². The fourth-order valence-electron chi connectivity index (χ4n) is 2.67. The van der Waals surface area contributed by atoms with E-state index in [2.05, 4.69) is 10.6 Å². The van der Waals surface area contributed by atoms with Crippen LogP contribution in [0.3, 0.4) is 0 Å². The van der Waals surface area contributed by atoms with Crippen molar-refractivity contribution in [2.24, 2.45) is 0 Å². The molecule has 0 spiro atoms. The predicted octanol–water partition coefficient (Wildman–Crippen LogP) is 5.17. The number of alkyl halides is 6. The number of hydrogen-bond acceptors (Lipinski definition) is 3. The van der Waals surface area contributed by atoms with Crippen molar-refractivity contribution in [3.8, 4) is 0 Å². The fraction of sp³-hybridized carbons (Fsp3) is 0.222. The number of carbonyl (C=O) groups excluding carboxylic acids is 2. The molecule has 2 N–H and O–H groups in total. The van der Waals surface area contributed by atoms with Gasteiger partial charge in [0.1, 0.15) is 0 Å². The van der Waals surface area contributed by atoms with Crippen LogP contribution in [-0.2, 0) is 21.9 Å². The summed E-state index contributed by atoms with van der Waals surface area (Å²) in [6.07, 6.45) is -9.70. The van der Waals surface area contributed by atoms with Crippen LogP contribution in [0, 0.1) is 0 Å². The number of hydrogen-bond donors (Lipinski definition) is 2. The smallest absolute Gasteiger partial charge is 0.325 e. The van der Waals surface area contributed by atoms with E-state index in [0.717, 1.165) is 36.0 Å². The first-order valence-electron chi connectivity index (χ1n) is 8.10. The fourth-order valence-corrected chi connectivity index (χ4v) is 3.76. The van der Waals surface area contributed by atoms with Crippen molar-refractivity contribution in [3.63, 3.8) is 0 Å².